The second-order valence-electron chi connectivity index (χ2n) is 4.79. The Labute approximate surface area is 121 Å². The summed E-state index contributed by atoms with van der Waals surface area (Å²) in [5.41, 5.74) is 7.80. The van der Waals surface area contributed by atoms with E-state index in [0.29, 0.717) is 27.5 Å². The van der Waals surface area contributed by atoms with Gasteiger partial charge in [-0.05, 0) is 36.8 Å². The fourth-order valence-electron chi connectivity index (χ4n) is 2.25. The Kier molecular flexibility index (Phi) is 3.24. The summed E-state index contributed by atoms with van der Waals surface area (Å²) in [6.07, 6.45) is 0. The van der Waals surface area contributed by atoms with E-state index in [4.69, 9.17) is 21.8 Å². The highest BCUT2D eigenvalue weighted by Gasteiger charge is 2.18. The highest BCUT2D eigenvalue weighted by molar-refractivity contribution is 6.31. The topological polar surface area (TPSA) is 39.2 Å². The van der Waals surface area contributed by atoms with Crippen molar-refractivity contribution >= 4 is 22.6 Å². The molecule has 0 aliphatic carbocycles. The molecular weight excluding hydrogens is 277 g/mol. The second-order valence-corrected chi connectivity index (χ2v) is 5.22. The first-order valence-corrected chi connectivity index (χ1v) is 6.63. The minimum Gasteiger partial charge on any atom is -0.459 e. The summed E-state index contributed by atoms with van der Waals surface area (Å²) in [6.45, 7) is 1.71. The molecule has 0 fully saturated rings. The molecule has 1 unspecified atom stereocenters. The first-order chi connectivity index (χ1) is 9.56. The Morgan fingerprint density at radius 3 is 2.80 bits per heavy atom. The van der Waals surface area contributed by atoms with E-state index in [0.717, 1.165) is 5.39 Å². The first-order valence-electron chi connectivity index (χ1n) is 6.26. The summed E-state index contributed by atoms with van der Waals surface area (Å²) < 4.78 is 19.8. The summed E-state index contributed by atoms with van der Waals surface area (Å²) in [7, 11) is 0. The molecule has 20 heavy (non-hydrogen) atoms. The van der Waals surface area contributed by atoms with Crippen LogP contribution in [0.2, 0.25) is 5.02 Å². The van der Waals surface area contributed by atoms with Crippen LogP contribution in [-0.2, 0) is 0 Å². The monoisotopic (exact) mass is 289 g/mol. The molecule has 0 saturated heterocycles. The van der Waals surface area contributed by atoms with Crippen LogP contribution >= 0.6 is 11.6 Å². The van der Waals surface area contributed by atoms with Crippen molar-refractivity contribution in [3.05, 3.63) is 70.2 Å². The Balaban J connectivity index is 2.08. The summed E-state index contributed by atoms with van der Waals surface area (Å²) in [6, 6.07) is 11.7. The van der Waals surface area contributed by atoms with Gasteiger partial charge in [0.1, 0.15) is 17.2 Å². The zero-order valence-corrected chi connectivity index (χ0v) is 11.6. The lowest BCUT2D eigenvalue weighted by atomic mass is 10.0. The molecule has 0 bridgehead atoms. The number of aryl methyl sites for hydroxylation is 1. The molecule has 4 heteroatoms. The normalized spacial score (nSPS) is 12.8. The largest absolute Gasteiger partial charge is 0.459 e. The summed E-state index contributed by atoms with van der Waals surface area (Å²) in [5, 5.41) is 1.48. The molecule has 2 aromatic carbocycles. The summed E-state index contributed by atoms with van der Waals surface area (Å²) in [4.78, 5) is 0. The van der Waals surface area contributed by atoms with Crippen molar-refractivity contribution in [3.63, 3.8) is 0 Å². The van der Waals surface area contributed by atoms with E-state index in [-0.39, 0.29) is 5.82 Å². The van der Waals surface area contributed by atoms with E-state index in [1.165, 1.54) is 0 Å². The number of hydrogen-bond donors (Lipinski definition) is 1. The quantitative estimate of drug-likeness (QED) is 0.750. The van der Waals surface area contributed by atoms with Gasteiger partial charge in [-0.25, -0.2) is 4.39 Å². The van der Waals surface area contributed by atoms with E-state index in [9.17, 15) is 4.39 Å². The molecule has 0 spiro atoms. The van der Waals surface area contributed by atoms with Gasteiger partial charge in [-0.1, -0.05) is 29.8 Å². The number of benzene rings is 2. The highest BCUT2D eigenvalue weighted by Crippen LogP contribution is 2.30. The van der Waals surface area contributed by atoms with Gasteiger partial charge in [-0.15, -0.1) is 0 Å². The fraction of sp³-hybridized carbons (Fsp3) is 0.125. The van der Waals surface area contributed by atoms with E-state index in [2.05, 4.69) is 0 Å². The molecule has 2 nitrogen and oxygen atoms in total. The first kappa shape index (κ1) is 13.2. The van der Waals surface area contributed by atoms with Gasteiger partial charge >= 0.3 is 0 Å². The van der Waals surface area contributed by atoms with Gasteiger partial charge in [-0.2, -0.15) is 0 Å². The highest BCUT2D eigenvalue weighted by atomic mass is 35.5. The van der Waals surface area contributed by atoms with Crippen LogP contribution in [0, 0.1) is 12.7 Å². The van der Waals surface area contributed by atoms with E-state index in [1.54, 1.807) is 49.4 Å². The predicted octanol–water partition coefficient (Wildman–Crippen LogP) is 4.58. The maximum absolute atomic E-state index is 14.1. The lowest BCUT2D eigenvalue weighted by Crippen LogP contribution is -2.13. The van der Waals surface area contributed by atoms with Crippen molar-refractivity contribution in [3.8, 4) is 0 Å². The molecule has 102 valence electrons. The van der Waals surface area contributed by atoms with Crippen LogP contribution in [0.5, 0.6) is 0 Å². The number of nitrogens with two attached hydrogens (primary N) is 1. The molecule has 1 atom stereocenters. The number of furan rings is 1. The SMILES string of the molecule is Cc1cccc(C(N)c2cc3cc(Cl)ccc3o2)c1F. The third-order valence-corrected chi connectivity index (χ3v) is 3.60. The van der Waals surface area contributed by atoms with Gasteiger partial charge in [-0.3, -0.25) is 0 Å². The Morgan fingerprint density at radius 2 is 2.00 bits per heavy atom. The average Bonchev–Trinajstić information content (AvgIpc) is 2.84. The Hall–Kier alpha value is -1.84. The third-order valence-electron chi connectivity index (χ3n) is 3.36. The standard InChI is InChI=1S/C16H13ClFNO/c1-9-3-2-4-12(15(9)18)16(19)14-8-10-7-11(17)5-6-13(10)20-14/h2-8,16H,19H2,1H3. The van der Waals surface area contributed by atoms with Crippen molar-refractivity contribution in [2.24, 2.45) is 5.73 Å². The zero-order chi connectivity index (χ0) is 14.3. The molecule has 0 saturated carbocycles. The number of rotatable bonds is 2. The Morgan fingerprint density at radius 1 is 1.20 bits per heavy atom. The van der Waals surface area contributed by atoms with Gasteiger partial charge < -0.3 is 10.2 Å². The lowest BCUT2D eigenvalue weighted by molar-refractivity contribution is 0.508. The second kappa shape index (κ2) is 4.93. The van der Waals surface area contributed by atoms with Crippen molar-refractivity contribution in [2.75, 3.05) is 0 Å². The van der Waals surface area contributed by atoms with Crippen LogP contribution in [0.15, 0.2) is 46.9 Å². The molecule has 2 N–H and O–H groups in total. The minimum atomic E-state index is -0.638. The van der Waals surface area contributed by atoms with Crippen molar-refractivity contribution in [1.82, 2.24) is 0 Å². The number of halogens is 2. The molecule has 0 amide bonds. The van der Waals surface area contributed by atoms with Crippen molar-refractivity contribution in [1.29, 1.82) is 0 Å². The molecule has 1 aromatic heterocycles. The third kappa shape index (κ3) is 2.19. The van der Waals surface area contributed by atoms with Gasteiger partial charge in [0, 0.05) is 16.0 Å². The number of hydrogen-bond acceptors (Lipinski definition) is 2. The summed E-state index contributed by atoms with van der Waals surface area (Å²) >= 11 is 5.94. The van der Waals surface area contributed by atoms with Crippen LogP contribution in [0.1, 0.15) is 22.9 Å². The van der Waals surface area contributed by atoms with Crippen LogP contribution in [0.3, 0.4) is 0 Å². The van der Waals surface area contributed by atoms with E-state index < -0.39 is 6.04 Å². The summed E-state index contributed by atoms with van der Waals surface area (Å²) in [5.74, 6) is 0.227. The maximum Gasteiger partial charge on any atom is 0.134 e. The smallest absolute Gasteiger partial charge is 0.134 e. The van der Waals surface area contributed by atoms with Gasteiger partial charge in [0.25, 0.3) is 0 Å². The molecule has 0 aliphatic rings. The molecule has 3 rings (SSSR count). The minimum absolute atomic E-state index is 0.293. The molecular formula is C16H13ClFNO. The zero-order valence-electron chi connectivity index (χ0n) is 10.9. The predicted molar refractivity (Wildman–Crippen MR) is 78.4 cm³/mol. The van der Waals surface area contributed by atoms with Gasteiger partial charge in [0.2, 0.25) is 0 Å². The van der Waals surface area contributed by atoms with E-state index in [1.807, 2.05) is 0 Å². The van der Waals surface area contributed by atoms with Crippen LogP contribution in [0.25, 0.3) is 11.0 Å². The van der Waals surface area contributed by atoms with Crippen molar-refractivity contribution in [2.45, 2.75) is 13.0 Å². The fourth-order valence-corrected chi connectivity index (χ4v) is 2.43. The van der Waals surface area contributed by atoms with Gasteiger partial charge in [0.15, 0.2) is 0 Å². The molecule has 0 aliphatic heterocycles. The molecule has 3 aromatic rings. The number of fused-ring (bicyclic) bond motifs is 1. The Bertz CT molecular complexity index is 781. The van der Waals surface area contributed by atoms with Gasteiger partial charge in [0.05, 0.1) is 6.04 Å². The van der Waals surface area contributed by atoms with Crippen LogP contribution < -0.4 is 5.73 Å². The molecule has 0 radical (unpaired) electrons. The maximum atomic E-state index is 14.1. The van der Waals surface area contributed by atoms with Crippen molar-refractivity contribution < 1.29 is 8.81 Å². The molecule has 1 heterocycles. The average molecular weight is 290 g/mol. The lowest BCUT2D eigenvalue weighted by Gasteiger charge is -2.11. The van der Waals surface area contributed by atoms with Crippen LogP contribution in [-0.4, -0.2) is 0 Å². The van der Waals surface area contributed by atoms with E-state index >= 15 is 0 Å². The van der Waals surface area contributed by atoms with Crippen LogP contribution in [0.4, 0.5) is 4.39 Å².